The van der Waals surface area contributed by atoms with Crippen molar-refractivity contribution in [2.24, 2.45) is 5.92 Å². The molecule has 0 saturated heterocycles. The molecule has 6 nitrogen and oxygen atoms in total. The molecular formula is C17H20N2O4. The van der Waals surface area contributed by atoms with Gasteiger partial charge < -0.3 is 19.6 Å². The third-order valence-corrected chi connectivity index (χ3v) is 4.01. The summed E-state index contributed by atoms with van der Waals surface area (Å²) in [7, 11) is 0. The normalized spacial score (nSPS) is 21.3. The van der Waals surface area contributed by atoms with Crippen molar-refractivity contribution in [1.29, 1.82) is 0 Å². The standard InChI is InChI=1S/C17H20N2O4/c1-2-22-15-7-6-14(23-15)17(21)19-16(11-9-12(20)10-11)13-5-3-4-8-18-13/h3-8,11-12,16,20H,2,9-10H2,1H3,(H,19,21)/t11?,12?,16-/m0/s1. The zero-order chi connectivity index (χ0) is 16.2. The number of nitrogens with one attached hydrogen (secondary N) is 1. The molecule has 0 aliphatic heterocycles. The van der Waals surface area contributed by atoms with E-state index in [0.29, 0.717) is 25.4 Å². The van der Waals surface area contributed by atoms with Crippen molar-refractivity contribution in [3.63, 3.8) is 0 Å². The van der Waals surface area contributed by atoms with E-state index in [9.17, 15) is 9.90 Å². The molecule has 1 aliphatic rings. The van der Waals surface area contributed by atoms with Gasteiger partial charge in [-0.15, -0.1) is 0 Å². The van der Waals surface area contributed by atoms with E-state index in [1.807, 2.05) is 25.1 Å². The number of amides is 1. The van der Waals surface area contributed by atoms with Crippen LogP contribution < -0.4 is 10.1 Å². The van der Waals surface area contributed by atoms with Crippen LogP contribution in [0.15, 0.2) is 40.9 Å². The van der Waals surface area contributed by atoms with E-state index in [0.717, 1.165) is 5.69 Å². The van der Waals surface area contributed by atoms with Gasteiger partial charge in [0, 0.05) is 12.3 Å². The van der Waals surface area contributed by atoms with Crippen LogP contribution in [0.3, 0.4) is 0 Å². The number of hydrogen-bond acceptors (Lipinski definition) is 5. The van der Waals surface area contributed by atoms with Gasteiger partial charge in [0.15, 0.2) is 5.76 Å². The zero-order valence-corrected chi connectivity index (χ0v) is 12.9. The number of hydrogen-bond donors (Lipinski definition) is 2. The maximum atomic E-state index is 12.4. The summed E-state index contributed by atoms with van der Waals surface area (Å²) >= 11 is 0. The maximum absolute atomic E-state index is 12.4. The van der Waals surface area contributed by atoms with Crippen LogP contribution in [-0.4, -0.2) is 28.7 Å². The second-order valence-electron chi connectivity index (χ2n) is 5.64. The third-order valence-electron chi connectivity index (χ3n) is 4.01. The molecule has 23 heavy (non-hydrogen) atoms. The first kappa shape index (κ1) is 15.6. The molecule has 1 atom stereocenters. The minimum Gasteiger partial charge on any atom is -0.465 e. The van der Waals surface area contributed by atoms with E-state index in [4.69, 9.17) is 9.15 Å². The molecule has 0 unspecified atom stereocenters. The minimum absolute atomic E-state index is 0.171. The molecule has 6 heteroatoms. The summed E-state index contributed by atoms with van der Waals surface area (Å²) in [5, 5.41) is 12.5. The number of furan rings is 1. The molecule has 0 spiro atoms. The molecule has 0 bridgehead atoms. The van der Waals surface area contributed by atoms with Gasteiger partial charge in [-0.3, -0.25) is 9.78 Å². The van der Waals surface area contributed by atoms with Crippen molar-refractivity contribution in [3.8, 4) is 5.95 Å². The summed E-state index contributed by atoms with van der Waals surface area (Å²) in [6.45, 7) is 2.33. The smallest absolute Gasteiger partial charge is 0.287 e. The first-order valence-electron chi connectivity index (χ1n) is 7.80. The van der Waals surface area contributed by atoms with Crippen molar-refractivity contribution in [1.82, 2.24) is 10.3 Å². The van der Waals surface area contributed by atoms with Crippen molar-refractivity contribution < 1.29 is 19.1 Å². The molecule has 2 heterocycles. The molecule has 1 fully saturated rings. The molecule has 3 rings (SSSR count). The first-order chi connectivity index (χ1) is 11.2. The predicted molar refractivity (Wildman–Crippen MR) is 83.1 cm³/mol. The van der Waals surface area contributed by atoms with E-state index in [-0.39, 0.29) is 29.7 Å². The van der Waals surface area contributed by atoms with Crippen LogP contribution in [0.5, 0.6) is 5.95 Å². The molecule has 0 radical (unpaired) electrons. The zero-order valence-electron chi connectivity index (χ0n) is 12.9. The number of aliphatic hydroxyl groups is 1. The van der Waals surface area contributed by atoms with Crippen LogP contribution in [0.4, 0.5) is 0 Å². The summed E-state index contributed by atoms with van der Waals surface area (Å²) in [4.78, 5) is 16.8. The van der Waals surface area contributed by atoms with Crippen LogP contribution >= 0.6 is 0 Å². The number of rotatable bonds is 6. The Kier molecular flexibility index (Phi) is 4.62. The number of aliphatic hydroxyl groups excluding tert-OH is 1. The molecule has 122 valence electrons. The Morgan fingerprint density at radius 2 is 2.26 bits per heavy atom. The number of pyridine rings is 1. The highest BCUT2D eigenvalue weighted by molar-refractivity contribution is 5.91. The highest BCUT2D eigenvalue weighted by Crippen LogP contribution is 2.37. The van der Waals surface area contributed by atoms with Gasteiger partial charge in [0.2, 0.25) is 0 Å². The number of carbonyl (C=O) groups excluding carboxylic acids is 1. The van der Waals surface area contributed by atoms with Crippen LogP contribution in [0, 0.1) is 5.92 Å². The van der Waals surface area contributed by atoms with Gasteiger partial charge in [-0.1, -0.05) is 6.07 Å². The van der Waals surface area contributed by atoms with E-state index in [1.54, 1.807) is 18.3 Å². The van der Waals surface area contributed by atoms with Crippen molar-refractivity contribution in [2.75, 3.05) is 6.61 Å². The molecule has 2 aromatic rings. The Morgan fingerprint density at radius 3 is 2.91 bits per heavy atom. The van der Waals surface area contributed by atoms with Gasteiger partial charge in [-0.05, 0) is 43.9 Å². The fourth-order valence-corrected chi connectivity index (χ4v) is 2.77. The Balaban J connectivity index is 1.73. The molecule has 1 aliphatic carbocycles. The average Bonchev–Trinajstić information content (AvgIpc) is 3.00. The lowest BCUT2D eigenvalue weighted by atomic mass is 9.76. The highest BCUT2D eigenvalue weighted by Gasteiger charge is 2.36. The SMILES string of the molecule is CCOc1ccc(C(=O)N[C@H](c2ccccn2)C2CC(O)C2)o1. The van der Waals surface area contributed by atoms with Crippen molar-refractivity contribution in [3.05, 3.63) is 48.0 Å². The van der Waals surface area contributed by atoms with Crippen LogP contribution in [-0.2, 0) is 0 Å². The number of ether oxygens (including phenoxy) is 1. The number of aromatic nitrogens is 1. The quantitative estimate of drug-likeness (QED) is 0.854. The van der Waals surface area contributed by atoms with Gasteiger partial charge in [-0.2, -0.15) is 0 Å². The van der Waals surface area contributed by atoms with E-state index in [2.05, 4.69) is 10.3 Å². The van der Waals surface area contributed by atoms with Gasteiger partial charge in [0.25, 0.3) is 11.9 Å². The van der Waals surface area contributed by atoms with E-state index < -0.39 is 0 Å². The number of nitrogens with zero attached hydrogens (tertiary/aromatic N) is 1. The van der Waals surface area contributed by atoms with Gasteiger partial charge >= 0.3 is 0 Å². The highest BCUT2D eigenvalue weighted by atomic mass is 16.6. The maximum Gasteiger partial charge on any atom is 0.287 e. The summed E-state index contributed by atoms with van der Waals surface area (Å²) in [6.07, 6.45) is 2.72. The fourth-order valence-electron chi connectivity index (χ4n) is 2.77. The van der Waals surface area contributed by atoms with Gasteiger partial charge in [0.1, 0.15) is 0 Å². The van der Waals surface area contributed by atoms with Crippen molar-refractivity contribution in [2.45, 2.75) is 31.9 Å². The van der Waals surface area contributed by atoms with Crippen LogP contribution in [0.2, 0.25) is 0 Å². The second kappa shape index (κ2) is 6.83. The molecule has 1 amide bonds. The van der Waals surface area contributed by atoms with Crippen molar-refractivity contribution >= 4 is 5.91 Å². The van der Waals surface area contributed by atoms with Crippen LogP contribution in [0.25, 0.3) is 0 Å². The van der Waals surface area contributed by atoms with Gasteiger partial charge in [0.05, 0.1) is 24.4 Å². The van der Waals surface area contributed by atoms with E-state index in [1.165, 1.54) is 0 Å². The Morgan fingerprint density at radius 1 is 1.43 bits per heavy atom. The lowest BCUT2D eigenvalue weighted by Gasteiger charge is -2.37. The summed E-state index contributed by atoms with van der Waals surface area (Å²) in [5.74, 6) is 0.388. The van der Waals surface area contributed by atoms with Crippen LogP contribution in [0.1, 0.15) is 42.1 Å². The Bertz CT molecular complexity index is 650. The molecule has 2 N–H and O–H groups in total. The third kappa shape index (κ3) is 3.53. The molecule has 2 aromatic heterocycles. The Labute approximate surface area is 134 Å². The van der Waals surface area contributed by atoms with Gasteiger partial charge in [-0.25, -0.2) is 0 Å². The second-order valence-corrected chi connectivity index (χ2v) is 5.64. The first-order valence-corrected chi connectivity index (χ1v) is 7.80. The Hall–Kier alpha value is -2.34. The minimum atomic E-state index is -0.312. The predicted octanol–water partition coefficient (Wildman–Crippen LogP) is 2.32. The summed E-state index contributed by atoms with van der Waals surface area (Å²) in [6, 6.07) is 8.57. The topological polar surface area (TPSA) is 84.6 Å². The summed E-state index contributed by atoms with van der Waals surface area (Å²) in [5.41, 5.74) is 0.786. The lowest BCUT2D eigenvalue weighted by Crippen LogP contribution is -2.41. The number of carbonyl (C=O) groups is 1. The molecule has 0 aromatic carbocycles. The van der Waals surface area contributed by atoms with E-state index >= 15 is 0 Å². The molecule has 1 saturated carbocycles. The average molecular weight is 316 g/mol. The fraction of sp³-hybridized carbons (Fsp3) is 0.412. The largest absolute Gasteiger partial charge is 0.465 e. The monoisotopic (exact) mass is 316 g/mol. The molecular weight excluding hydrogens is 296 g/mol. The lowest BCUT2D eigenvalue weighted by molar-refractivity contribution is 0.0225. The summed E-state index contributed by atoms with van der Waals surface area (Å²) < 4.78 is 10.6.